The maximum atomic E-state index is 12.2. The standard InChI is InChI=1S/C20H19N3O/c1-23-20-18(19(22-23)15-10-6-3-7-11-15)16(13-17(24)21-20)12-14-8-4-2-5-9-14/h2-11,16H,12-13H2,1H3,(H,21,24)/t16-/m0/s1. The van der Waals surface area contributed by atoms with Gasteiger partial charge in [-0.2, -0.15) is 5.10 Å². The normalized spacial score (nSPS) is 16.5. The van der Waals surface area contributed by atoms with Crippen molar-refractivity contribution in [1.82, 2.24) is 9.78 Å². The molecule has 0 saturated carbocycles. The number of benzene rings is 2. The minimum Gasteiger partial charge on any atom is -0.311 e. The molecule has 0 unspecified atom stereocenters. The van der Waals surface area contributed by atoms with Crippen LogP contribution in [0.5, 0.6) is 0 Å². The first-order valence-corrected chi connectivity index (χ1v) is 8.18. The maximum absolute atomic E-state index is 12.2. The van der Waals surface area contributed by atoms with Gasteiger partial charge in [0.15, 0.2) is 0 Å². The van der Waals surface area contributed by atoms with Crippen molar-refractivity contribution in [3.8, 4) is 11.3 Å². The third kappa shape index (κ3) is 2.60. The molecule has 1 N–H and O–H groups in total. The molecule has 4 nitrogen and oxygen atoms in total. The van der Waals surface area contributed by atoms with Crippen LogP contribution < -0.4 is 5.32 Å². The van der Waals surface area contributed by atoms with Gasteiger partial charge in [0.2, 0.25) is 5.91 Å². The number of nitrogens with one attached hydrogen (secondary N) is 1. The van der Waals surface area contributed by atoms with Crippen molar-refractivity contribution >= 4 is 11.7 Å². The molecule has 0 bridgehead atoms. The van der Waals surface area contributed by atoms with Crippen molar-refractivity contribution in [1.29, 1.82) is 0 Å². The Morgan fingerprint density at radius 3 is 2.46 bits per heavy atom. The first-order chi connectivity index (χ1) is 11.7. The molecular weight excluding hydrogens is 298 g/mol. The van der Waals surface area contributed by atoms with E-state index >= 15 is 0 Å². The second-order valence-corrected chi connectivity index (χ2v) is 6.24. The largest absolute Gasteiger partial charge is 0.311 e. The van der Waals surface area contributed by atoms with Crippen LogP contribution in [0.3, 0.4) is 0 Å². The predicted molar refractivity (Wildman–Crippen MR) is 94.8 cm³/mol. The van der Waals surface area contributed by atoms with Crippen LogP contribution in [0.4, 0.5) is 5.82 Å². The fraction of sp³-hybridized carbons (Fsp3) is 0.200. The number of aryl methyl sites for hydroxylation is 1. The van der Waals surface area contributed by atoms with E-state index in [4.69, 9.17) is 5.10 Å². The third-order valence-corrected chi connectivity index (χ3v) is 4.55. The van der Waals surface area contributed by atoms with Crippen LogP contribution in [-0.4, -0.2) is 15.7 Å². The van der Waals surface area contributed by atoms with Gasteiger partial charge in [0, 0.05) is 30.5 Å². The second-order valence-electron chi connectivity index (χ2n) is 6.24. The Morgan fingerprint density at radius 1 is 1.08 bits per heavy atom. The van der Waals surface area contributed by atoms with E-state index in [1.54, 1.807) is 4.68 Å². The molecule has 0 fully saturated rings. The highest BCUT2D eigenvalue weighted by Crippen LogP contribution is 2.40. The molecule has 24 heavy (non-hydrogen) atoms. The number of hydrogen-bond donors (Lipinski definition) is 1. The Kier molecular flexibility index (Phi) is 3.65. The van der Waals surface area contributed by atoms with Crippen molar-refractivity contribution in [3.05, 3.63) is 71.8 Å². The van der Waals surface area contributed by atoms with E-state index < -0.39 is 0 Å². The van der Waals surface area contributed by atoms with Crippen LogP contribution in [0.15, 0.2) is 60.7 Å². The smallest absolute Gasteiger partial charge is 0.226 e. The molecule has 0 saturated heterocycles. The topological polar surface area (TPSA) is 46.9 Å². The molecule has 0 spiro atoms. The average Bonchev–Trinajstić information content (AvgIpc) is 2.94. The van der Waals surface area contributed by atoms with E-state index in [9.17, 15) is 4.79 Å². The van der Waals surface area contributed by atoms with E-state index in [1.165, 1.54) is 5.56 Å². The van der Waals surface area contributed by atoms with E-state index in [2.05, 4.69) is 29.6 Å². The van der Waals surface area contributed by atoms with Crippen LogP contribution in [-0.2, 0) is 18.3 Å². The number of aromatic nitrogens is 2. The van der Waals surface area contributed by atoms with Gasteiger partial charge in [0.05, 0.1) is 5.69 Å². The number of carbonyl (C=O) groups excluding carboxylic acids is 1. The van der Waals surface area contributed by atoms with Crippen LogP contribution in [0.1, 0.15) is 23.5 Å². The van der Waals surface area contributed by atoms with E-state index in [0.717, 1.165) is 29.1 Å². The number of fused-ring (bicyclic) bond motifs is 1. The predicted octanol–water partition coefficient (Wildman–Crippen LogP) is 3.76. The van der Waals surface area contributed by atoms with E-state index in [1.807, 2.05) is 43.4 Å². The van der Waals surface area contributed by atoms with Gasteiger partial charge < -0.3 is 5.32 Å². The zero-order valence-electron chi connectivity index (χ0n) is 13.6. The summed E-state index contributed by atoms with van der Waals surface area (Å²) in [5.41, 5.74) is 4.44. The van der Waals surface area contributed by atoms with Crippen molar-refractivity contribution in [2.45, 2.75) is 18.8 Å². The molecule has 3 aromatic rings. The van der Waals surface area contributed by atoms with Crippen molar-refractivity contribution < 1.29 is 4.79 Å². The zero-order chi connectivity index (χ0) is 16.5. The van der Waals surface area contributed by atoms with Gasteiger partial charge >= 0.3 is 0 Å². The highest BCUT2D eigenvalue weighted by atomic mass is 16.1. The number of carbonyl (C=O) groups is 1. The monoisotopic (exact) mass is 317 g/mol. The first kappa shape index (κ1) is 14.7. The fourth-order valence-corrected chi connectivity index (χ4v) is 3.47. The summed E-state index contributed by atoms with van der Waals surface area (Å²) in [6.45, 7) is 0. The van der Waals surface area contributed by atoms with Crippen LogP contribution >= 0.6 is 0 Å². The fourth-order valence-electron chi connectivity index (χ4n) is 3.47. The van der Waals surface area contributed by atoms with Crippen molar-refractivity contribution in [2.75, 3.05) is 5.32 Å². The lowest BCUT2D eigenvalue weighted by atomic mass is 9.85. The average molecular weight is 317 g/mol. The number of anilines is 1. The van der Waals surface area contributed by atoms with E-state index in [-0.39, 0.29) is 11.8 Å². The second kappa shape index (κ2) is 5.96. The summed E-state index contributed by atoms with van der Waals surface area (Å²) >= 11 is 0. The highest BCUT2D eigenvalue weighted by molar-refractivity contribution is 5.95. The Labute approximate surface area is 141 Å². The van der Waals surface area contributed by atoms with Gasteiger partial charge in [-0.3, -0.25) is 9.48 Å². The lowest BCUT2D eigenvalue weighted by Crippen LogP contribution is -2.25. The molecule has 4 rings (SSSR count). The maximum Gasteiger partial charge on any atom is 0.226 e. The lowest BCUT2D eigenvalue weighted by Gasteiger charge is -2.24. The molecule has 2 heterocycles. The van der Waals surface area contributed by atoms with Gasteiger partial charge in [0.1, 0.15) is 5.82 Å². The quantitative estimate of drug-likeness (QED) is 0.799. The summed E-state index contributed by atoms with van der Waals surface area (Å²) in [7, 11) is 1.89. The molecule has 1 atom stereocenters. The number of rotatable bonds is 3. The molecule has 0 radical (unpaired) electrons. The Balaban J connectivity index is 1.81. The number of nitrogens with zero attached hydrogens (tertiary/aromatic N) is 2. The lowest BCUT2D eigenvalue weighted by molar-refractivity contribution is -0.116. The Morgan fingerprint density at radius 2 is 1.75 bits per heavy atom. The van der Waals surface area contributed by atoms with Crippen LogP contribution in [0.2, 0.25) is 0 Å². The molecular formula is C20H19N3O. The van der Waals surface area contributed by atoms with Crippen molar-refractivity contribution in [3.63, 3.8) is 0 Å². The minimum atomic E-state index is 0.0612. The van der Waals surface area contributed by atoms with Gasteiger partial charge in [-0.1, -0.05) is 60.7 Å². The molecule has 0 aliphatic carbocycles. The van der Waals surface area contributed by atoms with Gasteiger partial charge in [-0.05, 0) is 12.0 Å². The summed E-state index contributed by atoms with van der Waals surface area (Å²) in [6.07, 6.45) is 1.33. The molecule has 120 valence electrons. The Bertz CT molecular complexity index is 869. The molecule has 2 aromatic carbocycles. The molecule has 4 heteroatoms. The van der Waals surface area contributed by atoms with Crippen LogP contribution in [0, 0.1) is 0 Å². The summed E-state index contributed by atoms with van der Waals surface area (Å²) in [5.74, 6) is 1.03. The van der Waals surface area contributed by atoms with E-state index in [0.29, 0.717) is 6.42 Å². The van der Waals surface area contributed by atoms with Gasteiger partial charge in [0.25, 0.3) is 0 Å². The summed E-state index contributed by atoms with van der Waals surface area (Å²) < 4.78 is 1.78. The molecule has 1 amide bonds. The SMILES string of the molecule is Cn1nc(-c2ccccc2)c2c1NC(=O)C[C@@H]2Cc1ccccc1. The van der Waals surface area contributed by atoms with Crippen LogP contribution in [0.25, 0.3) is 11.3 Å². The molecule has 1 aliphatic rings. The van der Waals surface area contributed by atoms with Gasteiger partial charge in [-0.25, -0.2) is 0 Å². The molecule has 1 aliphatic heterocycles. The zero-order valence-corrected chi connectivity index (χ0v) is 13.6. The van der Waals surface area contributed by atoms with Gasteiger partial charge in [-0.15, -0.1) is 0 Å². The summed E-state index contributed by atoms with van der Waals surface area (Å²) in [6, 6.07) is 20.5. The first-order valence-electron chi connectivity index (χ1n) is 8.18. The Hall–Kier alpha value is -2.88. The van der Waals surface area contributed by atoms with Crippen molar-refractivity contribution in [2.24, 2.45) is 7.05 Å². The third-order valence-electron chi connectivity index (χ3n) is 4.55. The minimum absolute atomic E-state index is 0.0612. The summed E-state index contributed by atoms with van der Waals surface area (Å²) in [5, 5.41) is 7.69. The summed E-state index contributed by atoms with van der Waals surface area (Å²) in [4.78, 5) is 12.2. The molecule has 1 aromatic heterocycles. The number of hydrogen-bond acceptors (Lipinski definition) is 2. The number of amides is 1. The highest BCUT2D eigenvalue weighted by Gasteiger charge is 2.32.